The van der Waals surface area contributed by atoms with Crippen LogP contribution in [0.4, 0.5) is 0 Å². The summed E-state index contributed by atoms with van der Waals surface area (Å²) in [5.41, 5.74) is 2.76. The predicted octanol–water partition coefficient (Wildman–Crippen LogP) is 4.31. The molecule has 2 heterocycles. The van der Waals surface area contributed by atoms with Crippen LogP contribution in [0.5, 0.6) is 11.5 Å². The van der Waals surface area contributed by atoms with E-state index in [4.69, 9.17) is 9.99 Å². The molecule has 6 heteroatoms. The highest BCUT2D eigenvalue weighted by molar-refractivity contribution is 6.18. The second-order valence-corrected chi connectivity index (χ2v) is 7.12. The second-order valence-electron chi connectivity index (χ2n) is 7.12. The number of rotatable bonds is 5. The molecule has 0 radical (unpaired) electrons. The maximum Gasteiger partial charge on any atom is 0.170 e. The van der Waals surface area contributed by atoms with Crippen molar-refractivity contribution in [3.8, 4) is 11.5 Å². The van der Waals surface area contributed by atoms with Crippen molar-refractivity contribution in [3.05, 3.63) is 59.2 Å². The number of fused-ring (bicyclic) bond motifs is 1. The van der Waals surface area contributed by atoms with Crippen LogP contribution in [0.1, 0.15) is 54.6 Å². The quantitative estimate of drug-likeness (QED) is 0.621. The third-order valence-electron chi connectivity index (χ3n) is 5.55. The number of Topliss-reactive ketones (excluding diaryl/α,β-unsaturated/α-hetero) is 1. The van der Waals surface area contributed by atoms with Crippen molar-refractivity contribution >= 4 is 17.3 Å². The van der Waals surface area contributed by atoms with Crippen molar-refractivity contribution in [2.45, 2.75) is 38.7 Å². The maximum atomic E-state index is 12.8. The zero-order valence-electron chi connectivity index (χ0n) is 15.9. The van der Waals surface area contributed by atoms with Crippen molar-refractivity contribution in [1.82, 2.24) is 0 Å². The van der Waals surface area contributed by atoms with Gasteiger partial charge >= 0.3 is 0 Å². The Bertz CT molecular complexity index is 973. The predicted molar refractivity (Wildman–Crippen MR) is 107 cm³/mol. The van der Waals surface area contributed by atoms with Crippen LogP contribution in [0.3, 0.4) is 0 Å². The monoisotopic (exact) mass is 378 g/mol. The Balaban J connectivity index is 1.60. The average molecular weight is 378 g/mol. The molecule has 0 fully saturated rings. The largest absolute Gasteiger partial charge is 0.486 e. The lowest BCUT2D eigenvalue weighted by molar-refractivity contribution is -0.137. The topological polar surface area (TPSA) is 80.5 Å². The molecule has 144 valence electrons. The van der Waals surface area contributed by atoms with Crippen LogP contribution >= 0.6 is 0 Å². The molecule has 0 bridgehead atoms. The minimum Gasteiger partial charge on any atom is -0.486 e. The van der Waals surface area contributed by atoms with Gasteiger partial charge in [0.25, 0.3) is 0 Å². The summed E-state index contributed by atoms with van der Waals surface area (Å²) >= 11 is 0. The number of carbonyl (C=O) groups excluding carboxylic acids is 1. The van der Waals surface area contributed by atoms with Gasteiger partial charge in [-0.15, -0.1) is 0 Å². The fourth-order valence-corrected chi connectivity index (χ4v) is 3.64. The van der Waals surface area contributed by atoms with Crippen LogP contribution < -0.4 is 9.62 Å². The third-order valence-corrected chi connectivity index (χ3v) is 5.55. The summed E-state index contributed by atoms with van der Waals surface area (Å²) in [7, 11) is 0. The summed E-state index contributed by atoms with van der Waals surface area (Å²) < 4.78 is 6.20. The van der Waals surface area contributed by atoms with Gasteiger partial charge in [0.1, 0.15) is 11.4 Å². The van der Waals surface area contributed by atoms with Crippen LogP contribution in [0, 0.1) is 0 Å². The van der Waals surface area contributed by atoms with Crippen molar-refractivity contribution in [2.24, 2.45) is 9.98 Å². The molecule has 2 aliphatic heterocycles. The number of ketones is 1. The number of nitrogens with zero attached hydrogens (tertiary/aromatic N) is 2. The van der Waals surface area contributed by atoms with E-state index >= 15 is 0 Å². The molecule has 6 nitrogen and oxygen atoms in total. The van der Waals surface area contributed by atoms with E-state index in [0.29, 0.717) is 35.9 Å². The van der Waals surface area contributed by atoms with Gasteiger partial charge in [-0.1, -0.05) is 13.8 Å². The van der Waals surface area contributed by atoms with E-state index in [9.17, 15) is 4.79 Å². The molecule has 0 amide bonds. The van der Waals surface area contributed by atoms with Crippen LogP contribution in [0.25, 0.3) is 0 Å². The van der Waals surface area contributed by atoms with E-state index < -0.39 is 5.60 Å². The summed E-state index contributed by atoms with van der Waals surface area (Å²) in [5, 5.41) is 8.67. The Hall–Kier alpha value is -2.99. The summed E-state index contributed by atoms with van der Waals surface area (Å²) in [4.78, 5) is 26.1. The van der Waals surface area contributed by atoms with Crippen molar-refractivity contribution < 1.29 is 19.7 Å². The highest BCUT2D eigenvalue weighted by atomic mass is 17.1. The van der Waals surface area contributed by atoms with Gasteiger partial charge < -0.3 is 9.62 Å². The minimum absolute atomic E-state index is 0.117. The molecular weight excluding hydrogens is 356 g/mol. The molecule has 0 unspecified atom stereocenters. The first kappa shape index (κ1) is 18.4. The Labute approximate surface area is 163 Å². The van der Waals surface area contributed by atoms with E-state index in [-0.39, 0.29) is 5.78 Å². The zero-order chi connectivity index (χ0) is 19.7. The Morgan fingerprint density at radius 1 is 1.11 bits per heavy atom. The number of benzene rings is 2. The molecule has 0 aromatic heterocycles. The number of carbonyl (C=O) groups is 1. The van der Waals surface area contributed by atoms with E-state index in [1.807, 2.05) is 18.2 Å². The number of hydrogen-bond acceptors (Lipinski definition) is 6. The number of hydrogen-bond donors (Lipinski definition) is 1. The van der Waals surface area contributed by atoms with Crippen LogP contribution in [-0.4, -0.2) is 34.7 Å². The lowest BCUT2D eigenvalue weighted by Gasteiger charge is -2.36. The molecule has 28 heavy (non-hydrogen) atoms. The van der Waals surface area contributed by atoms with Crippen LogP contribution in [-0.2, 0) is 0 Å². The fourth-order valence-electron chi connectivity index (χ4n) is 3.64. The molecular formula is C22H22N2O4. The summed E-state index contributed by atoms with van der Waals surface area (Å²) in [6, 6.07) is 12.5. The number of ether oxygens (including phenoxy) is 1. The minimum atomic E-state index is -0.392. The van der Waals surface area contributed by atoms with Crippen molar-refractivity contribution in [3.63, 3.8) is 0 Å². The Morgan fingerprint density at radius 3 is 2.50 bits per heavy atom. The van der Waals surface area contributed by atoms with E-state index in [1.54, 1.807) is 24.3 Å². The van der Waals surface area contributed by atoms with Gasteiger partial charge in [-0.2, -0.15) is 0 Å². The van der Waals surface area contributed by atoms with Gasteiger partial charge in [0.15, 0.2) is 17.4 Å². The van der Waals surface area contributed by atoms with Gasteiger partial charge in [0.2, 0.25) is 0 Å². The fraction of sp³-hybridized carbons (Fsp3) is 0.318. The molecule has 0 aliphatic carbocycles. The molecule has 2 aromatic carbocycles. The van der Waals surface area contributed by atoms with Gasteiger partial charge in [-0.05, 0) is 60.9 Å². The Kier molecular flexibility index (Phi) is 4.73. The molecule has 0 saturated heterocycles. The van der Waals surface area contributed by atoms with Gasteiger partial charge in [-0.3, -0.25) is 9.79 Å². The smallest absolute Gasteiger partial charge is 0.170 e. The highest BCUT2D eigenvalue weighted by Gasteiger charge is 2.37. The summed E-state index contributed by atoms with van der Waals surface area (Å²) in [6.07, 6.45) is 2.02. The van der Waals surface area contributed by atoms with Crippen LogP contribution in [0.15, 0.2) is 52.4 Å². The zero-order valence-corrected chi connectivity index (χ0v) is 15.9. The van der Waals surface area contributed by atoms with E-state index in [0.717, 1.165) is 29.7 Å². The van der Waals surface area contributed by atoms with E-state index in [1.165, 1.54) is 0 Å². The SMILES string of the molecule is CCC1(CC)CC(=O)c2cc(C3=NC(c4ccc(OO)cc4)=NC3)ccc2O1. The van der Waals surface area contributed by atoms with E-state index in [2.05, 4.69) is 28.7 Å². The molecule has 0 saturated carbocycles. The van der Waals surface area contributed by atoms with Gasteiger partial charge in [0, 0.05) is 5.56 Å². The van der Waals surface area contributed by atoms with Crippen molar-refractivity contribution in [2.75, 3.05) is 6.54 Å². The second kappa shape index (κ2) is 7.20. The van der Waals surface area contributed by atoms with Gasteiger partial charge in [-0.25, -0.2) is 10.2 Å². The first-order valence-electron chi connectivity index (χ1n) is 9.48. The third kappa shape index (κ3) is 3.20. The number of amidine groups is 1. The molecule has 0 spiro atoms. The highest BCUT2D eigenvalue weighted by Crippen LogP contribution is 2.37. The first-order valence-corrected chi connectivity index (χ1v) is 9.48. The lowest BCUT2D eigenvalue weighted by Crippen LogP contribution is -2.41. The summed E-state index contributed by atoms with van der Waals surface area (Å²) in [5.74, 6) is 1.75. The Morgan fingerprint density at radius 2 is 1.82 bits per heavy atom. The number of aliphatic imine (C=N–C) groups is 2. The first-order chi connectivity index (χ1) is 13.6. The maximum absolute atomic E-state index is 12.8. The molecule has 0 atom stereocenters. The van der Waals surface area contributed by atoms with Crippen LogP contribution in [0.2, 0.25) is 0 Å². The van der Waals surface area contributed by atoms with Gasteiger partial charge in [0.05, 0.1) is 24.2 Å². The molecule has 2 aliphatic rings. The molecule has 1 N–H and O–H groups in total. The normalized spacial score (nSPS) is 17.5. The average Bonchev–Trinajstić information content (AvgIpc) is 3.23. The molecule has 2 aromatic rings. The standard InChI is InChI=1S/C22H22N2O4/c1-3-22(4-2)12-19(25)17-11-15(7-10-20(17)27-22)18-13-23-21(24-18)14-5-8-16(28-26)9-6-14/h5-11,26H,3-4,12-13H2,1-2H3. The van der Waals surface area contributed by atoms with Crippen molar-refractivity contribution in [1.29, 1.82) is 0 Å². The molecule has 4 rings (SSSR count). The summed E-state index contributed by atoms with van der Waals surface area (Å²) in [6.45, 7) is 4.57. The lowest BCUT2D eigenvalue weighted by atomic mass is 9.85.